The van der Waals surface area contributed by atoms with E-state index < -0.39 is 33.4 Å². The first-order valence-electron chi connectivity index (χ1n) is 9.06. The highest BCUT2D eigenvalue weighted by atomic mass is 32.2. The van der Waals surface area contributed by atoms with Crippen molar-refractivity contribution in [2.45, 2.75) is 42.0 Å². The summed E-state index contributed by atoms with van der Waals surface area (Å²) in [6, 6.07) is 14.6. The Morgan fingerprint density at radius 3 is 1.71 bits per heavy atom. The first-order valence-corrected chi connectivity index (χ1v) is 12.0. The van der Waals surface area contributed by atoms with E-state index in [-0.39, 0.29) is 0 Å². The van der Waals surface area contributed by atoms with Crippen molar-refractivity contribution in [2.75, 3.05) is 11.5 Å². The van der Waals surface area contributed by atoms with E-state index in [1.807, 2.05) is 18.2 Å². The molecule has 2 rings (SSSR count). The first kappa shape index (κ1) is 29.9. The van der Waals surface area contributed by atoms with Crippen LogP contribution in [0.2, 0.25) is 0 Å². The number of hydrogen-bond donors (Lipinski definition) is 0. The third kappa shape index (κ3) is 5.38. The van der Waals surface area contributed by atoms with Crippen LogP contribution in [0.5, 0.6) is 0 Å². The number of nitrogens with zero attached hydrogens (tertiary/aromatic N) is 1. The second kappa shape index (κ2) is 10.2. The Hall–Kier alpha value is -2.18. The normalized spacial score (nSPS) is 13.4. The maximum Gasteiger partial charge on any atom is 0.460 e. The summed E-state index contributed by atoms with van der Waals surface area (Å²) >= 11 is 0. The van der Waals surface area contributed by atoms with Crippen LogP contribution < -0.4 is 0 Å². The van der Waals surface area contributed by atoms with Gasteiger partial charge >= 0.3 is 23.3 Å². The lowest BCUT2D eigenvalue weighted by atomic mass is 10.1. The lowest BCUT2D eigenvalue weighted by molar-refractivity contribution is -0.382. The number of nitriles is 1. The van der Waals surface area contributed by atoms with Crippen LogP contribution in [0.4, 0.5) is 39.5 Å². The molecule has 15 heteroatoms. The number of fused-ring (bicyclic) bond motifs is 1. The van der Waals surface area contributed by atoms with Crippen molar-refractivity contribution in [1.82, 2.24) is 0 Å². The molecular formula is C19H16F9NO3S2. The second-order valence-electron chi connectivity index (χ2n) is 6.46. The SMILES string of the molecule is CC[S+](CC)c1ccc(C#N)c2ccccc12.O=S(=O)([O-])C(F)(F)C(F)(F)C(F)(F)C(F)(F)F. The van der Waals surface area contributed by atoms with Gasteiger partial charge in [0.25, 0.3) is 0 Å². The maximum atomic E-state index is 12.2. The summed E-state index contributed by atoms with van der Waals surface area (Å²) in [6.45, 7) is 4.47. The molecule has 0 radical (unpaired) electrons. The Labute approximate surface area is 191 Å². The van der Waals surface area contributed by atoms with Crippen LogP contribution in [-0.4, -0.2) is 47.8 Å². The third-order valence-electron chi connectivity index (χ3n) is 4.44. The Morgan fingerprint density at radius 2 is 1.32 bits per heavy atom. The third-order valence-corrected chi connectivity index (χ3v) is 7.70. The minimum absolute atomic E-state index is 0.304. The van der Waals surface area contributed by atoms with E-state index in [1.54, 1.807) is 0 Å². The molecule has 0 heterocycles. The van der Waals surface area contributed by atoms with E-state index in [0.29, 0.717) is 10.9 Å². The van der Waals surface area contributed by atoms with Gasteiger partial charge in [-0.3, -0.25) is 0 Å². The Balaban J connectivity index is 0.000000340. The van der Waals surface area contributed by atoms with Crippen molar-refractivity contribution in [1.29, 1.82) is 5.26 Å². The summed E-state index contributed by atoms with van der Waals surface area (Å²) in [6.07, 6.45) is -7.16. The van der Waals surface area contributed by atoms with E-state index >= 15 is 0 Å². The fourth-order valence-corrected chi connectivity index (χ4v) is 4.88. The highest BCUT2D eigenvalue weighted by Gasteiger charge is 2.83. The van der Waals surface area contributed by atoms with Gasteiger partial charge in [0, 0.05) is 21.7 Å². The van der Waals surface area contributed by atoms with E-state index in [0.717, 1.165) is 10.9 Å². The van der Waals surface area contributed by atoms with Gasteiger partial charge in [-0.25, -0.2) is 8.42 Å². The molecule has 0 spiro atoms. The molecule has 0 aliphatic carbocycles. The van der Waals surface area contributed by atoms with Crippen LogP contribution >= 0.6 is 0 Å². The van der Waals surface area contributed by atoms with Crippen LogP contribution in [-0.2, 0) is 21.0 Å². The Kier molecular flexibility index (Phi) is 8.96. The molecule has 0 aliphatic heterocycles. The summed E-state index contributed by atoms with van der Waals surface area (Å²) in [7, 11) is -7.11. The molecule has 4 nitrogen and oxygen atoms in total. The van der Waals surface area contributed by atoms with Gasteiger partial charge in [-0.1, -0.05) is 18.2 Å². The molecule has 2 aromatic carbocycles. The topological polar surface area (TPSA) is 81.0 Å². The lowest BCUT2D eigenvalue weighted by Gasteiger charge is -2.34. The molecule has 0 saturated carbocycles. The highest BCUT2D eigenvalue weighted by molar-refractivity contribution is 7.97. The average molecular weight is 541 g/mol. The minimum Gasteiger partial charge on any atom is -0.743 e. The van der Waals surface area contributed by atoms with Gasteiger partial charge in [0.2, 0.25) is 0 Å². The number of alkyl halides is 9. The van der Waals surface area contributed by atoms with Gasteiger partial charge in [0.15, 0.2) is 15.0 Å². The van der Waals surface area contributed by atoms with E-state index in [4.69, 9.17) is 5.26 Å². The predicted molar refractivity (Wildman–Crippen MR) is 106 cm³/mol. The molecule has 190 valence electrons. The minimum atomic E-state index is -7.43. The van der Waals surface area contributed by atoms with E-state index in [9.17, 15) is 52.5 Å². The van der Waals surface area contributed by atoms with Gasteiger partial charge in [0.1, 0.15) is 11.5 Å². The summed E-state index contributed by atoms with van der Waals surface area (Å²) in [5.74, 6) is -12.5. The van der Waals surface area contributed by atoms with Crippen LogP contribution in [0, 0.1) is 11.3 Å². The molecule has 0 N–H and O–H groups in total. The van der Waals surface area contributed by atoms with Gasteiger partial charge < -0.3 is 4.55 Å². The number of halogens is 9. The zero-order chi connectivity index (χ0) is 26.8. The first-order chi connectivity index (χ1) is 15.3. The lowest BCUT2D eigenvalue weighted by Crippen LogP contribution is -2.63. The van der Waals surface area contributed by atoms with Crippen LogP contribution in [0.3, 0.4) is 0 Å². The summed E-state index contributed by atoms with van der Waals surface area (Å²) in [4.78, 5) is 1.41. The molecule has 2 aromatic rings. The molecule has 0 amide bonds. The molecule has 0 saturated heterocycles. The number of rotatable bonds is 6. The summed E-state index contributed by atoms with van der Waals surface area (Å²) in [5.41, 5.74) is 0.778. The molecule has 34 heavy (non-hydrogen) atoms. The van der Waals surface area contributed by atoms with Crippen molar-refractivity contribution >= 4 is 31.8 Å². The van der Waals surface area contributed by atoms with E-state index in [2.05, 4.69) is 38.1 Å². The van der Waals surface area contributed by atoms with Gasteiger partial charge in [-0.15, -0.1) is 0 Å². The maximum absolute atomic E-state index is 12.2. The van der Waals surface area contributed by atoms with Crippen LogP contribution in [0.25, 0.3) is 10.8 Å². The Bertz CT molecular complexity index is 1160. The number of benzene rings is 2. The predicted octanol–water partition coefficient (Wildman–Crippen LogP) is 5.69. The molecular weight excluding hydrogens is 525 g/mol. The summed E-state index contributed by atoms with van der Waals surface area (Å²) in [5, 5.41) is 4.36. The molecule has 0 unspecified atom stereocenters. The molecule has 0 fully saturated rings. The number of hydrogen-bond acceptors (Lipinski definition) is 4. The van der Waals surface area contributed by atoms with Crippen molar-refractivity contribution in [3.63, 3.8) is 0 Å². The van der Waals surface area contributed by atoms with Crippen molar-refractivity contribution < 1.29 is 52.5 Å². The standard InChI is InChI=1S/C15H16NS.C4HF9O3S/c1-3-17(4-2)15-10-9-12(11-16)13-7-5-6-8-14(13)15;5-1(6,3(9,10)11)2(7,8)4(12,13)17(14,15)16/h5-10H,3-4H2,1-2H3;(H,14,15,16)/q+1;/p-1. The quantitative estimate of drug-likeness (QED) is 0.268. The fraction of sp³-hybridized carbons (Fsp3) is 0.421. The van der Waals surface area contributed by atoms with Gasteiger partial charge in [0.05, 0.1) is 11.6 Å². The Morgan fingerprint density at radius 1 is 0.853 bits per heavy atom. The second-order valence-corrected chi connectivity index (χ2v) is 10.5. The van der Waals surface area contributed by atoms with Crippen molar-refractivity contribution in [2.24, 2.45) is 0 Å². The van der Waals surface area contributed by atoms with Crippen LogP contribution in [0.1, 0.15) is 19.4 Å². The zero-order valence-electron chi connectivity index (χ0n) is 17.3. The average Bonchev–Trinajstić information content (AvgIpc) is 2.73. The van der Waals surface area contributed by atoms with Gasteiger partial charge in [-0.05, 0) is 32.0 Å². The van der Waals surface area contributed by atoms with Crippen molar-refractivity contribution in [3.8, 4) is 6.07 Å². The zero-order valence-corrected chi connectivity index (χ0v) is 18.9. The fourth-order valence-electron chi connectivity index (χ4n) is 2.65. The largest absolute Gasteiger partial charge is 0.743 e. The summed E-state index contributed by atoms with van der Waals surface area (Å²) < 4.78 is 135. The molecule has 0 atom stereocenters. The monoisotopic (exact) mass is 541 g/mol. The molecule has 0 aromatic heterocycles. The van der Waals surface area contributed by atoms with Crippen LogP contribution in [0.15, 0.2) is 41.3 Å². The molecule has 0 bridgehead atoms. The highest BCUT2D eigenvalue weighted by Crippen LogP contribution is 2.54. The smallest absolute Gasteiger partial charge is 0.460 e. The van der Waals surface area contributed by atoms with E-state index in [1.165, 1.54) is 21.8 Å². The molecule has 0 aliphatic rings. The van der Waals surface area contributed by atoms with Crippen molar-refractivity contribution in [3.05, 3.63) is 42.0 Å². The van der Waals surface area contributed by atoms with Gasteiger partial charge in [-0.2, -0.15) is 44.8 Å².